The van der Waals surface area contributed by atoms with Crippen molar-refractivity contribution in [3.63, 3.8) is 0 Å². The Morgan fingerprint density at radius 2 is 0.500 bits per heavy atom. The topological polar surface area (TPSA) is 78.9 Å². The molecule has 0 fully saturated rings. The van der Waals surface area contributed by atoms with Crippen LogP contribution in [-0.2, 0) is 28.6 Å². The average Bonchev–Trinajstić information content (AvgIpc) is 3.38. The third kappa shape index (κ3) is 58.8. The summed E-state index contributed by atoms with van der Waals surface area (Å²) in [5.41, 5.74) is 0. The summed E-state index contributed by atoms with van der Waals surface area (Å²) < 4.78 is 16.9. The van der Waals surface area contributed by atoms with E-state index >= 15 is 0 Å². The molecule has 0 radical (unpaired) electrons. The molecular weight excluding hydrogens is 889 g/mol. The number of ether oxygens (including phenoxy) is 3. The van der Waals surface area contributed by atoms with Crippen LogP contribution in [0, 0.1) is 0 Å². The SMILES string of the molecule is CCCCC/C=C\C/C=C\CCCCCCCCCC(=O)OC(COC(=O)CCCCCCCCCCCCCCC)COC(=O)CCCCCCCCCCCCCCCCCCCCCCCCCC. The summed E-state index contributed by atoms with van der Waals surface area (Å²) in [6, 6.07) is 0. The molecule has 0 rings (SSSR count). The fourth-order valence-corrected chi connectivity index (χ4v) is 9.83. The van der Waals surface area contributed by atoms with Gasteiger partial charge in [-0.15, -0.1) is 0 Å². The number of rotatable bonds is 60. The largest absolute Gasteiger partial charge is 0.462 e. The van der Waals surface area contributed by atoms with Crippen LogP contribution < -0.4 is 0 Å². The molecule has 0 saturated carbocycles. The van der Waals surface area contributed by atoms with Gasteiger partial charge < -0.3 is 14.2 Å². The highest BCUT2D eigenvalue weighted by atomic mass is 16.6. The third-order valence-corrected chi connectivity index (χ3v) is 14.7. The lowest BCUT2D eigenvalue weighted by atomic mass is 10.0. The van der Waals surface area contributed by atoms with Gasteiger partial charge in [-0.2, -0.15) is 0 Å². The highest BCUT2D eigenvalue weighted by molar-refractivity contribution is 5.71. The van der Waals surface area contributed by atoms with E-state index in [9.17, 15) is 14.4 Å². The zero-order valence-corrected chi connectivity index (χ0v) is 48.7. The lowest BCUT2D eigenvalue weighted by molar-refractivity contribution is -0.167. The Labute approximate surface area is 449 Å². The first-order valence-electron chi connectivity index (χ1n) is 32.3. The van der Waals surface area contributed by atoms with Crippen LogP contribution in [0.3, 0.4) is 0 Å². The van der Waals surface area contributed by atoms with E-state index in [-0.39, 0.29) is 31.1 Å². The van der Waals surface area contributed by atoms with Crippen molar-refractivity contribution in [1.82, 2.24) is 0 Å². The van der Waals surface area contributed by atoms with Gasteiger partial charge in [-0.05, 0) is 51.4 Å². The Morgan fingerprint density at radius 3 is 0.792 bits per heavy atom. The Morgan fingerprint density at radius 1 is 0.278 bits per heavy atom. The molecule has 0 aromatic heterocycles. The van der Waals surface area contributed by atoms with Crippen molar-refractivity contribution in [2.24, 2.45) is 0 Å². The maximum Gasteiger partial charge on any atom is 0.306 e. The Bertz CT molecular complexity index is 1160. The van der Waals surface area contributed by atoms with Gasteiger partial charge in [0.15, 0.2) is 6.10 Å². The second kappa shape index (κ2) is 61.4. The second-order valence-corrected chi connectivity index (χ2v) is 22.0. The molecule has 0 N–H and O–H groups in total. The van der Waals surface area contributed by atoms with Crippen molar-refractivity contribution >= 4 is 17.9 Å². The molecule has 0 amide bonds. The van der Waals surface area contributed by atoms with Crippen molar-refractivity contribution in [3.05, 3.63) is 24.3 Å². The van der Waals surface area contributed by atoms with E-state index in [2.05, 4.69) is 45.1 Å². The summed E-state index contributed by atoms with van der Waals surface area (Å²) in [5.74, 6) is -0.849. The minimum Gasteiger partial charge on any atom is -0.462 e. The van der Waals surface area contributed by atoms with Crippen molar-refractivity contribution < 1.29 is 28.6 Å². The second-order valence-electron chi connectivity index (χ2n) is 22.0. The molecular formula is C66H124O6. The van der Waals surface area contributed by atoms with Crippen molar-refractivity contribution in [2.75, 3.05) is 13.2 Å². The lowest BCUT2D eigenvalue weighted by Gasteiger charge is -2.18. The first kappa shape index (κ1) is 69.9. The Kier molecular flexibility index (Phi) is 59.6. The number of allylic oxidation sites excluding steroid dienone is 4. The van der Waals surface area contributed by atoms with Crippen LogP contribution in [0.15, 0.2) is 24.3 Å². The fraction of sp³-hybridized carbons (Fsp3) is 0.894. The van der Waals surface area contributed by atoms with Crippen molar-refractivity contribution in [2.45, 2.75) is 367 Å². The number of esters is 3. The van der Waals surface area contributed by atoms with E-state index in [1.54, 1.807) is 0 Å². The zero-order chi connectivity index (χ0) is 52.2. The molecule has 0 aliphatic carbocycles. The molecule has 0 aliphatic rings. The van der Waals surface area contributed by atoms with Crippen LogP contribution in [0.2, 0.25) is 0 Å². The predicted molar refractivity (Wildman–Crippen MR) is 312 cm³/mol. The first-order valence-corrected chi connectivity index (χ1v) is 32.3. The molecule has 424 valence electrons. The smallest absolute Gasteiger partial charge is 0.306 e. The summed E-state index contributed by atoms with van der Waals surface area (Å²) in [7, 11) is 0. The van der Waals surface area contributed by atoms with Gasteiger partial charge in [0.25, 0.3) is 0 Å². The number of carbonyl (C=O) groups is 3. The molecule has 6 heteroatoms. The first-order chi connectivity index (χ1) is 35.5. The molecule has 0 spiro atoms. The Balaban J connectivity index is 4.23. The summed E-state index contributed by atoms with van der Waals surface area (Å²) in [4.78, 5) is 38.3. The molecule has 1 unspecified atom stereocenters. The van der Waals surface area contributed by atoms with Crippen LogP contribution in [0.5, 0.6) is 0 Å². The minimum atomic E-state index is -0.771. The van der Waals surface area contributed by atoms with Gasteiger partial charge in [0, 0.05) is 19.3 Å². The van der Waals surface area contributed by atoms with E-state index in [0.717, 1.165) is 70.6 Å². The van der Waals surface area contributed by atoms with E-state index in [1.807, 2.05) is 0 Å². The number of hydrogen-bond acceptors (Lipinski definition) is 6. The van der Waals surface area contributed by atoms with Gasteiger partial charge in [0.2, 0.25) is 0 Å². The van der Waals surface area contributed by atoms with Gasteiger partial charge in [-0.1, -0.05) is 315 Å². The van der Waals surface area contributed by atoms with Gasteiger partial charge in [-0.25, -0.2) is 0 Å². The van der Waals surface area contributed by atoms with Crippen LogP contribution in [0.4, 0.5) is 0 Å². The van der Waals surface area contributed by atoms with Crippen LogP contribution in [-0.4, -0.2) is 37.2 Å². The normalized spacial score (nSPS) is 12.1. The summed E-state index contributed by atoms with van der Waals surface area (Å²) in [5, 5.41) is 0. The van der Waals surface area contributed by atoms with Crippen molar-refractivity contribution in [1.29, 1.82) is 0 Å². The van der Waals surface area contributed by atoms with E-state index in [1.165, 1.54) is 250 Å². The highest BCUT2D eigenvalue weighted by Crippen LogP contribution is 2.18. The Hall–Kier alpha value is -2.11. The molecule has 0 aromatic rings. The third-order valence-electron chi connectivity index (χ3n) is 14.7. The van der Waals surface area contributed by atoms with Crippen LogP contribution >= 0.6 is 0 Å². The predicted octanol–water partition coefficient (Wildman–Crippen LogP) is 21.8. The quantitative estimate of drug-likeness (QED) is 0.0261. The van der Waals surface area contributed by atoms with Gasteiger partial charge in [0.05, 0.1) is 0 Å². The monoisotopic (exact) mass is 1010 g/mol. The summed E-state index contributed by atoms with van der Waals surface area (Å²) >= 11 is 0. The molecule has 72 heavy (non-hydrogen) atoms. The molecule has 6 nitrogen and oxygen atoms in total. The maximum atomic E-state index is 12.9. The molecule has 0 aliphatic heterocycles. The molecule has 0 heterocycles. The number of hydrogen-bond donors (Lipinski definition) is 0. The average molecular weight is 1010 g/mol. The van der Waals surface area contributed by atoms with Crippen LogP contribution in [0.25, 0.3) is 0 Å². The standard InChI is InChI=1S/C66H124O6/c1-4-7-10-13-16-19-22-25-27-29-30-31-32-33-34-35-37-38-41-44-47-50-53-56-59-65(68)71-62-63(61-70-64(67)58-55-52-49-46-43-40-24-21-18-15-12-9-6-3)72-66(69)60-57-54-51-48-45-42-39-36-28-26-23-20-17-14-11-8-5-2/h17,20,26,28,63H,4-16,18-19,21-25,27,29-62H2,1-3H3/b20-17-,28-26-. The van der Waals surface area contributed by atoms with Crippen molar-refractivity contribution in [3.8, 4) is 0 Å². The molecule has 1 atom stereocenters. The fourth-order valence-electron chi connectivity index (χ4n) is 9.83. The molecule has 0 saturated heterocycles. The van der Waals surface area contributed by atoms with Gasteiger partial charge in [-0.3, -0.25) is 14.4 Å². The number of unbranched alkanes of at least 4 members (excludes halogenated alkanes) is 45. The van der Waals surface area contributed by atoms with E-state index < -0.39 is 6.10 Å². The van der Waals surface area contributed by atoms with Crippen LogP contribution in [0.1, 0.15) is 361 Å². The summed E-state index contributed by atoms with van der Waals surface area (Å²) in [6.07, 6.45) is 73.3. The molecule has 0 aromatic carbocycles. The minimum absolute atomic E-state index is 0.0685. The zero-order valence-electron chi connectivity index (χ0n) is 48.7. The van der Waals surface area contributed by atoms with Gasteiger partial charge >= 0.3 is 17.9 Å². The summed E-state index contributed by atoms with van der Waals surface area (Å²) in [6.45, 7) is 6.68. The highest BCUT2D eigenvalue weighted by Gasteiger charge is 2.19. The number of carbonyl (C=O) groups excluding carboxylic acids is 3. The van der Waals surface area contributed by atoms with E-state index in [0.29, 0.717) is 19.3 Å². The lowest BCUT2D eigenvalue weighted by Crippen LogP contribution is -2.30. The molecule has 0 bridgehead atoms. The van der Waals surface area contributed by atoms with Gasteiger partial charge in [0.1, 0.15) is 13.2 Å². The maximum absolute atomic E-state index is 12.9. The van der Waals surface area contributed by atoms with E-state index in [4.69, 9.17) is 14.2 Å².